The number of hydrogen-bond acceptors (Lipinski definition) is 5. The van der Waals surface area contributed by atoms with Gasteiger partial charge in [-0.1, -0.05) is 60.1 Å². The molecule has 4 rings (SSSR count). The SMILES string of the molecule is O=C(NCCN1C(=O)SC(=Cc2ccccc2)C1=O)c1sc2ccccc2c1Cl. The molecule has 3 amide bonds. The molecule has 1 saturated heterocycles. The Bertz CT molecular complexity index is 1140. The average Bonchev–Trinajstić information content (AvgIpc) is 3.20. The fourth-order valence-corrected chi connectivity index (χ4v) is 5.21. The van der Waals surface area contributed by atoms with E-state index in [1.807, 2.05) is 54.6 Å². The zero-order chi connectivity index (χ0) is 20.4. The number of imide groups is 1. The minimum Gasteiger partial charge on any atom is -0.349 e. The number of thiophene rings is 1. The van der Waals surface area contributed by atoms with Gasteiger partial charge in [-0.3, -0.25) is 19.3 Å². The molecule has 0 radical (unpaired) electrons. The molecule has 1 fully saturated rings. The van der Waals surface area contributed by atoms with Crippen molar-refractivity contribution in [1.82, 2.24) is 10.2 Å². The van der Waals surface area contributed by atoms with Gasteiger partial charge in [-0.2, -0.15) is 0 Å². The fourth-order valence-electron chi connectivity index (χ4n) is 2.91. The van der Waals surface area contributed by atoms with Crippen molar-refractivity contribution in [1.29, 1.82) is 0 Å². The van der Waals surface area contributed by atoms with E-state index < -0.39 is 0 Å². The maximum atomic E-state index is 12.5. The quantitative estimate of drug-likeness (QED) is 0.563. The highest BCUT2D eigenvalue weighted by Gasteiger charge is 2.34. The smallest absolute Gasteiger partial charge is 0.293 e. The molecule has 29 heavy (non-hydrogen) atoms. The molecule has 0 spiro atoms. The Labute approximate surface area is 180 Å². The Kier molecular flexibility index (Phi) is 5.71. The van der Waals surface area contributed by atoms with Gasteiger partial charge in [-0.15, -0.1) is 11.3 Å². The van der Waals surface area contributed by atoms with Crippen molar-refractivity contribution in [3.05, 3.63) is 75.0 Å². The van der Waals surface area contributed by atoms with Gasteiger partial charge in [-0.25, -0.2) is 0 Å². The number of hydrogen-bond donors (Lipinski definition) is 1. The lowest BCUT2D eigenvalue weighted by atomic mass is 10.2. The summed E-state index contributed by atoms with van der Waals surface area (Å²) in [5.41, 5.74) is 0.853. The van der Waals surface area contributed by atoms with Crippen LogP contribution in [0.3, 0.4) is 0 Å². The van der Waals surface area contributed by atoms with Crippen molar-refractivity contribution >= 4 is 67.9 Å². The molecule has 3 aromatic rings. The monoisotopic (exact) mass is 442 g/mol. The van der Waals surface area contributed by atoms with Crippen molar-refractivity contribution in [2.24, 2.45) is 0 Å². The number of amides is 3. The maximum Gasteiger partial charge on any atom is 0.293 e. The number of nitrogens with zero attached hydrogens (tertiary/aromatic N) is 1. The molecule has 5 nitrogen and oxygen atoms in total. The standard InChI is InChI=1S/C21H15ClN2O3S2/c22-17-14-8-4-5-9-15(14)28-18(17)19(25)23-10-11-24-20(26)16(29-21(24)27)12-13-6-2-1-3-7-13/h1-9,12H,10-11H2,(H,23,25). The van der Waals surface area contributed by atoms with Crippen LogP contribution in [0, 0.1) is 0 Å². The molecular formula is C21H15ClN2O3S2. The molecule has 0 aliphatic carbocycles. The van der Waals surface area contributed by atoms with Gasteiger partial charge in [0.2, 0.25) is 0 Å². The van der Waals surface area contributed by atoms with Crippen molar-refractivity contribution in [2.75, 3.05) is 13.1 Å². The first-order chi connectivity index (χ1) is 14.0. The van der Waals surface area contributed by atoms with Crippen LogP contribution in [0.15, 0.2) is 59.5 Å². The number of carbonyl (C=O) groups is 3. The van der Waals surface area contributed by atoms with Gasteiger partial charge in [0, 0.05) is 23.2 Å². The zero-order valence-corrected chi connectivity index (χ0v) is 17.4. The summed E-state index contributed by atoms with van der Waals surface area (Å²) in [4.78, 5) is 39.1. The summed E-state index contributed by atoms with van der Waals surface area (Å²) in [6, 6.07) is 16.9. The lowest BCUT2D eigenvalue weighted by molar-refractivity contribution is -0.122. The topological polar surface area (TPSA) is 66.5 Å². The largest absolute Gasteiger partial charge is 0.349 e. The second-order valence-corrected chi connectivity index (χ2v) is 8.66. The zero-order valence-electron chi connectivity index (χ0n) is 15.1. The first-order valence-corrected chi connectivity index (χ1v) is 10.8. The second-order valence-electron chi connectivity index (χ2n) is 6.24. The molecule has 1 N–H and O–H groups in total. The van der Waals surface area contributed by atoms with Gasteiger partial charge in [-0.05, 0) is 29.5 Å². The summed E-state index contributed by atoms with van der Waals surface area (Å²) in [6.45, 7) is 0.255. The molecule has 146 valence electrons. The number of carbonyl (C=O) groups excluding carboxylic acids is 3. The van der Waals surface area contributed by atoms with Crippen molar-refractivity contribution in [2.45, 2.75) is 0 Å². The van der Waals surface area contributed by atoms with E-state index >= 15 is 0 Å². The minimum absolute atomic E-state index is 0.102. The summed E-state index contributed by atoms with van der Waals surface area (Å²) < 4.78 is 0.930. The number of thioether (sulfide) groups is 1. The summed E-state index contributed by atoms with van der Waals surface area (Å²) in [5.74, 6) is -0.666. The van der Waals surface area contributed by atoms with E-state index in [1.165, 1.54) is 11.3 Å². The lowest BCUT2D eigenvalue weighted by Crippen LogP contribution is -2.37. The van der Waals surface area contributed by atoms with Crippen molar-refractivity contribution in [3.8, 4) is 0 Å². The van der Waals surface area contributed by atoms with Gasteiger partial charge in [0.05, 0.1) is 9.93 Å². The third-order valence-corrected chi connectivity index (χ3v) is 6.91. The third-order valence-electron chi connectivity index (χ3n) is 4.33. The summed E-state index contributed by atoms with van der Waals surface area (Å²) >= 11 is 8.54. The Hall–Kier alpha value is -2.61. The van der Waals surface area contributed by atoms with Crippen LogP contribution in [0.5, 0.6) is 0 Å². The van der Waals surface area contributed by atoms with Gasteiger partial charge in [0.1, 0.15) is 4.88 Å². The number of rotatable bonds is 5. The Morgan fingerprint density at radius 2 is 1.79 bits per heavy atom. The van der Waals surface area contributed by atoms with Gasteiger partial charge in [0.15, 0.2) is 0 Å². The number of halogens is 1. The Morgan fingerprint density at radius 3 is 2.55 bits per heavy atom. The van der Waals surface area contributed by atoms with Crippen LogP contribution in [0.1, 0.15) is 15.2 Å². The van der Waals surface area contributed by atoms with Crippen LogP contribution in [0.2, 0.25) is 5.02 Å². The maximum absolute atomic E-state index is 12.5. The first-order valence-electron chi connectivity index (χ1n) is 8.80. The van der Waals surface area contributed by atoms with Crippen molar-refractivity contribution < 1.29 is 14.4 Å². The summed E-state index contributed by atoms with van der Waals surface area (Å²) in [5, 5.41) is 3.66. The second kappa shape index (κ2) is 8.41. The van der Waals surface area contributed by atoms with E-state index in [0.717, 1.165) is 32.3 Å². The van der Waals surface area contributed by atoms with E-state index in [9.17, 15) is 14.4 Å². The third kappa shape index (κ3) is 4.07. The average molecular weight is 443 g/mol. The molecule has 8 heteroatoms. The van der Waals surface area contributed by atoms with Crippen LogP contribution < -0.4 is 5.32 Å². The van der Waals surface area contributed by atoms with E-state index in [2.05, 4.69) is 5.32 Å². The highest BCUT2D eigenvalue weighted by atomic mass is 35.5. The molecule has 1 aliphatic rings. The summed E-state index contributed by atoms with van der Waals surface area (Å²) in [6.07, 6.45) is 1.69. The molecule has 0 saturated carbocycles. The van der Waals surface area contributed by atoms with E-state index in [1.54, 1.807) is 6.08 Å². The normalized spacial score (nSPS) is 15.5. The Balaban J connectivity index is 1.39. The first kappa shape index (κ1) is 19.7. The highest BCUT2D eigenvalue weighted by Crippen LogP contribution is 2.35. The predicted octanol–water partition coefficient (Wildman–Crippen LogP) is 5.02. The van der Waals surface area contributed by atoms with Crippen LogP contribution in [-0.2, 0) is 4.79 Å². The molecule has 2 aromatic carbocycles. The predicted molar refractivity (Wildman–Crippen MR) is 118 cm³/mol. The van der Waals surface area contributed by atoms with Gasteiger partial charge < -0.3 is 5.32 Å². The molecular weight excluding hydrogens is 428 g/mol. The number of nitrogens with one attached hydrogen (secondary N) is 1. The molecule has 0 unspecified atom stereocenters. The van der Waals surface area contributed by atoms with E-state index in [4.69, 9.17) is 11.6 Å². The van der Waals surface area contributed by atoms with E-state index in [0.29, 0.717) is 14.8 Å². The molecule has 0 bridgehead atoms. The fraction of sp³-hybridized carbons (Fsp3) is 0.0952. The molecule has 0 atom stereocenters. The van der Waals surface area contributed by atoms with Crippen molar-refractivity contribution in [3.63, 3.8) is 0 Å². The minimum atomic E-state index is -0.349. The number of benzene rings is 2. The summed E-state index contributed by atoms with van der Waals surface area (Å²) in [7, 11) is 0. The van der Waals surface area contributed by atoms with Crippen LogP contribution in [-0.4, -0.2) is 35.0 Å². The Morgan fingerprint density at radius 1 is 1.07 bits per heavy atom. The lowest BCUT2D eigenvalue weighted by Gasteiger charge is -2.12. The van der Waals surface area contributed by atoms with E-state index in [-0.39, 0.29) is 30.1 Å². The van der Waals surface area contributed by atoms with Gasteiger partial charge in [0.25, 0.3) is 17.1 Å². The highest BCUT2D eigenvalue weighted by molar-refractivity contribution is 8.18. The van der Waals surface area contributed by atoms with Crippen LogP contribution >= 0.6 is 34.7 Å². The molecule has 1 aromatic heterocycles. The molecule has 1 aliphatic heterocycles. The number of fused-ring (bicyclic) bond motifs is 1. The molecule has 2 heterocycles. The van der Waals surface area contributed by atoms with Crippen LogP contribution in [0.25, 0.3) is 16.2 Å². The van der Waals surface area contributed by atoms with Gasteiger partial charge >= 0.3 is 0 Å². The van der Waals surface area contributed by atoms with Crippen LogP contribution in [0.4, 0.5) is 4.79 Å².